The van der Waals surface area contributed by atoms with Gasteiger partial charge in [0.25, 0.3) is 0 Å². The second-order valence-corrected chi connectivity index (χ2v) is 30.2. The van der Waals surface area contributed by atoms with Crippen LogP contribution in [-0.4, -0.2) is 193 Å². The number of carbonyl (C=O) groups is 1. The van der Waals surface area contributed by atoms with Crippen LogP contribution < -0.4 is 5.32 Å². The summed E-state index contributed by atoms with van der Waals surface area (Å²) in [6, 6.07) is -1.01. The fourth-order valence-corrected chi connectivity index (χ4v) is 13.7. The molecule has 19 heteroatoms. The van der Waals surface area contributed by atoms with Crippen LogP contribution in [0.5, 0.6) is 0 Å². The van der Waals surface area contributed by atoms with E-state index in [9.17, 15) is 61.0 Å². The largest absolute Gasteiger partial charge is 0.394 e. The van der Waals surface area contributed by atoms with Crippen LogP contribution in [-0.2, 0) is 33.2 Å². The second-order valence-electron chi connectivity index (χ2n) is 30.2. The zero-order valence-corrected chi connectivity index (χ0v) is 68.4. The Morgan fingerprint density at radius 1 is 0.333 bits per heavy atom. The molecule has 0 saturated carbocycles. The maximum Gasteiger partial charge on any atom is 0.220 e. The molecule has 0 bridgehead atoms. The molecule has 0 aromatic heterocycles. The predicted molar refractivity (Wildman–Crippen MR) is 447 cm³/mol. The van der Waals surface area contributed by atoms with Crippen LogP contribution in [0.15, 0.2) is 146 Å². The van der Waals surface area contributed by atoms with Crippen LogP contribution in [0.4, 0.5) is 0 Å². The Balaban J connectivity index is 1.37. The minimum absolute atomic E-state index is 0.215. The smallest absolute Gasteiger partial charge is 0.220 e. The molecule has 0 aromatic rings. The Labute approximate surface area is 670 Å². The van der Waals surface area contributed by atoms with Crippen LogP contribution in [0.3, 0.4) is 0 Å². The fraction of sp³-hybridized carbons (Fsp3) is 0.728. The monoisotopic (exact) mass is 1560 g/mol. The quantitative estimate of drug-likeness (QED) is 0.0199. The lowest BCUT2D eigenvalue weighted by molar-refractivity contribution is -0.379. The molecule has 3 heterocycles. The molecule has 3 aliphatic rings. The highest BCUT2D eigenvalue weighted by molar-refractivity contribution is 5.76. The number of ether oxygens (including phenoxy) is 6. The summed E-state index contributed by atoms with van der Waals surface area (Å²) < 4.78 is 34.5. The van der Waals surface area contributed by atoms with E-state index in [2.05, 4.69) is 153 Å². The highest BCUT2D eigenvalue weighted by Gasteiger charge is 2.54. The first-order chi connectivity index (χ1) is 54.3. The normalized spacial score (nSPS) is 25.8. The molecule has 3 saturated heterocycles. The molecule has 12 N–H and O–H groups in total. The van der Waals surface area contributed by atoms with E-state index in [1.807, 2.05) is 6.08 Å². The van der Waals surface area contributed by atoms with Crippen LogP contribution in [0.25, 0.3) is 0 Å². The lowest BCUT2D eigenvalue weighted by Gasteiger charge is -2.48. The van der Waals surface area contributed by atoms with Gasteiger partial charge in [-0.2, -0.15) is 0 Å². The molecule has 1 amide bonds. The van der Waals surface area contributed by atoms with Gasteiger partial charge in [0, 0.05) is 6.42 Å². The van der Waals surface area contributed by atoms with E-state index in [1.165, 1.54) is 148 Å². The predicted octanol–water partition coefficient (Wildman–Crippen LogP) is 16.2. The van der Waals surface area contributed by atoms with Crippen molar-refractivity contribution in [1.29, 1.82) is 0 Å². The highest BCUT2D eigenvalue weighted by atomic mass is 16.8. The molecule has 3 rings (SSSR count). The summed E-state index contributed by atoms with van der Waals surface area (Å²) in [6.07, 6.45) is 75.5. The van der Waals surface area contributed by atoms with Crippen molar-refractivity contribution < 1.29 is 89.4 Å². The standard InChI is InChI=1S/C92H155NO18/c1-3-5-7-9-11-13-15-17-19-21-23-25-27-29-31-33-34-35-36-37-38-39-40-42-44-46-48-50-52-54-56-58-60-62-64-66-68-70-80(98)93-75(76(97)69-67-65-63-61-59-57-55-53-51-49-47-45-43-41-32-30-28-26-24-22-20-18-16-14-12-10-8-6-4-2)74-106-90-86(104)83(101)88(78(72-95)108-90)111-92-87(105)84(102)89(79(73-96)109-92)110-91-85(103)82(100)81(99)77(71-94)107-91/h5,7,11,13,17,19,23,25,29,31,34-35,37-38,40,42,46,48,51,53,59,61,67,69,75-79,81-92,94-97,99-105H,3-4,6,8-10,12,14-16,18,20-22,24,26-28,30,32-33,36,39,41,43-45,47,49-50,52,54-58,60,62-66,68,70-74H2,1-2H3,(H,93,98)/b7-5-,13-11-,19-17-,25-23-,31-29-,35-34-,38-37-,42-40-,48-46-,53-51+,61-59+,69-67+. The van der Waals surface area contributed by atoms with Crippen molar-refractivity contribution in [2.24, 2.45) is 0 Å². The van der Waals surface area contributed by atoms with Crippen LogP contribution in [0.2, 0.25) is 0 Å². The van der Waals surface area contributed by atoms with Gasteiger partial charge >= 0.3 is 0 Å². The minimum atomic E-state index is -1.99. The van der Waals surface area contributed by atoms with E-state index >= 15 is 0 Å². The zero-order valence-electron chi connectivity index (χ0n) is 68.4. The second kappa shape index (κ2) is 69.9. The van der Waals surface area contributed by atoms with E-state index < -0.39 is 124 Å². The van der Waals surface area contributed by atoms with Gasteiger partial charge in [0.1, 0.15) is 73.2 Å². The number of aliphatic hydroxyl groups is 11. The number of rotatable bonds is 68. The van der Waals surface area contributed by atoms with Crippen molar-refractivity contribution in [2.45, 2.75) is 401 Å². The summed E-state index contributed by atoms with van der Waals surface area (Å²) in [4.78, 5) is 13.5. The van der Waals surface area contributed by atoms with Gasteiger partial charge in [-0.15, -0.1) is 0 Å². The Bertz CT molecular complexity index is 2580. The number of amides is 1. The number of carbonyl (C=O) groups excluding carboxylic acids is 1. The summed E-state index contributed by atoms with van der Waals surface area (Å²) in [5, 5.41) is 121. The van der Waals surface area contributed by atoms with Crippen molar-refractivity contribution in [2.75, 3.05) is 26.4 Å². The Kier molecular flexibility index (Phi) is 63.5. The maximum atomic E-state index is 13.5. The molecule has 636 valence electrons. The zero-order chi connectivity index (χ0) is 80.3. The van der Waals surface area contributed by atoms with Gasteiger partial charge in [0.05, 0.1) is 38.6 Å². The number of nitrogens with one attached hydrogen (secondary N) is 1. The minimum Gasteiger partial charge on any atom is -0.394 e. The summed E-state index contributed by atoms with van der Waals surface area (Å²) in [6.45, 7) is 1.61. The molecule has 3 aliphatic heterocycles. The van der Waals surface area contributed by atoms with Gasteiger partial charge in [-0.05, 0) is 116 Å². The van der Waals surface area contributed by atoms with E-state index in [-0.39, 0.29) is 18.9 Å². The first-order valence-electron chi connectivity index (χ1n) is 43.6. The van der Waals surface area contributed by atoms with Gasteiger partial charge in [-0.3, -0.25) is 4.79 Å². The molecule has 17 atom stereocenters. The lowest BCUT2D eigenvalue weighted by atomic mass is 9.96. The van der Waals surface area contributed by atoms with E-state index in [4.69, 9.17) is 28.4 Å². The summed E-state index contributed by atoms with van der Waals surface area (Å²) >= 11 is 0. The van der Waals surface area contributed by atoms with Gasteiger partial charge in [0.15, 0.2) is 18.9 Å². The number of hydrogen-bond donors (Lipinski definition) is 12. The van der Waals surface area contributed by atoms with Crippen LogP contribution >= 0.6 is 0 Å². The molecular weight excluding hydrogens is 1410 g/mol. The molecule has 3 fully saturated rings. The van der Waals surface area contributed by atoms with E-state index in [0.717, 1.165) is 116 Å². The average molecular weight is 1560 g/mol. The molecule has 111 heavy (non-hydrogen) atoms. The molecule has 17 unspecified atom stereocenters. The molecule has 0 aromatic carbocycles. The highest BCUT2D eigenvalue weighted by Crippen LogP contribution is 2.33. The summed E-state index contributed by atoms with van der Waals surface area (Å²) in [7, 11) is 0. The van der Waals surface area contributed by atoms with Gasteiger partial charge in [-0.25, -0.2) is 0 Å². The van der Waals surface area contributed by atoms with Crippen LogP contribution in [0, 0.1) is 0 Å². The third-order valence-corrected chi connectivity index (χ3v) is 20.6. The SMILES string of the molecule is CC/C=C\C/C=C\C/C=C\C/C=C\C/C=C\C/C=C\C/C=C\C/C=C\C/C=C\CCCCCCCCCCCC(=O)NC(COC1OC(CO)C(OC2OC(CO)C(OC3OC(CO)C(O)C(O)C3O)C(O)C2O)C(O)C1O)C(O)/C=C/CC/C=C/CC/C=C/CCCCCCCCCCCCCCCCCCCCC. The van der Waals surface area contributed by atoms with Crippen LogP contribution in [0.1, 0.15) is 296 Å². The number of allylic oxidation sites excluding steroid dienone is 23. The Morgan fingerprint density at radius 3 is 1.01 bits per heavy atom. The third kappa shape index (κ3) is 48.7. The molecule has 0 aliphatic carbocycles. The molecular formula is C92H155NO18. The molecule has 0 radical (unpaired) electrons. The van der Waals surface area contributed by atoms with Gasteiger partial charge in [0.2, 0.25) is 5.91 Å². The van der Waals surface area contributed by atoms with Crippen molar-refractivity contribution in [3.8, 4) is 0 Å². The van der Waals surface area contributed by atoms with Gasteiger partial charge < -0.3 is 89.9 Å². The van der Waals surface area contributed by atoms with Crippen molar-refractivity contribution in [3.05, 3.63) is 146 Å². The summed E-state index contributed by atoms with van der Waals surface area (Å²) in [5.41, 5.74) is 0. The van der Waals surface area contributed by atoms with E-state index in [0.29, 0.717) is 12.8 Å². The summed E-state index contributed by atoms with van der Waals surface area (Å²) in [5.74, 6) is -0.300. The third-order valence-electron chi connectivity index (χ3n) is 20.6. The van der Waals surface area contributed by atoms with Crippen molar-refractivity contribution >= 4 is 5.91 Å². The van der Waals surface area contributed by atoms with Gasteiger partial charge in [-0.1, -0.05) is 320 Å². The molecule has 19 nitrogen and oxygen atoms in total. The number of unbranched alkanes of at least 4 members (excludes halogenated alkanes) is 30. The molecule has 0 spiro atoms. The Hall–Kier alpha value is -4.33. The maximum absolute atomic E-state index is 13.5. The average Bonchev–Trinajstić information content (AvgIpc) is 0.779. The van der Waals surface area contributed by atoms with Crippen molar-refractivity contribution in [3.63, 3.8) is 0 Å². The number of hydrogen-bond acceptors (Lipinski definition) is 18. The lowest BCUT2D eigenvalue weighted by Crippen LogP contribution is -2.66. The van der Waals surface area contributed by atoms with Crippen molar-refractivity contribution in [1.82, 2.24) is 5.32 Å². The first kappa shape index (κ1) is 101. The number of aliphatic hydroxyl groups excluding tert-OH is 11. The fourth-order valence-electron chi connectivity index (χ4n) is 13.7. The van der Waals surface area contributed by atoms with E-state index in [1.54, 1.807) is 6.08 Å². The first-order valence-corrected chi connectivity index (χ1v) is 43.6. The Morgan fingerprint density at radius 2 is 0.631 bits per heavy atom. The topological polar surface area (TPSA) is 307 Å².